The molecule has 3 aliphatic heterocycles. The summed E-state index contributed by atoms with van der Waals surface area (Å²) in [6, 6.07) is -3.73. The summed E-state index contributed by atoms with van der Waals surface area (Å²) in [5.74, 6) is 0. The first kappa shape index (κ1) is 30.6. The van der Waals surface area contributed by atoms with Gasteiger partial charge in [0.2, 0.25) is 0 Å². The van der Waals surface area contributed by atoms with Crippen LogP contribution in [0.4, 0.5) is 0 Å². The van der Waals surface area contributed by atoms with Crippen LogP contribution in [0.1, 0.15) is 13.3 Å². The van der Waals surface area contributed by atoms with E-state index in [0.717, 1.165) is 0 Å². The Morgan fingerprint density at radius 3 is 1.84 bits per heavy atom. The first-order chi connectivity index (χ1) is 17.6. The second kappa shape index (κ2) is 13.4. The molecule has 0 amide bonds. The van der Waals surface area contributed by atoms with Gasteiger partial charge in [-0.15, -0.1) is 0 Å². The van der Waals surface area contributed by atoms with Crippen molar-refractivity contribution >= 4 is 6.21 Å². The zero-order valence-electron chi connectivity index (χ0n) is 20.3. The lowest BCUT2D eigenvalue weighted by molar-refractivity contribution is -0.347. The summed E-state index contributed by atoms with van der Waals surface area (Å²) in [7, 11) is 0. The van der Waals surface area contributed by atoms with Crippen LogP contribution in [0.5, 0.6) is 0 Å². The molecule has 0 radical (unpaired) electrons. The van der Waals surface area contributed by atoms with Gasteiger partial charge in [-0.05, 0) is 12.6 Å². The zero-order chi connectivity index (χ0) is 27.4. The van der Waals surface area contributed by atoms with E-state index in [4.69, 9.17) is 35.2 Å². The maximum atomic E-state index is 11.2. The van der Waals surface area contributed by atoms with Crippen LogP contribution in [0.25, 0.3) is 0 Å². The number of aliphatic hydroxyl groups is 8. The van der Waals surface area contributed by atoms with Gasteiger partial charge in [-0.25, -0.2) is 0 Å². The molecule has 216 valence electrons. The Hall–Kier alpha value is -0.930. The van der Waals surface area contributed by atoms with Crippen LogP contribution in [-0.2, 0) is 23.7 Å². The van der Waals surface area contributed by atoms with Crippen LogP contribution in [0, 0.1) is 0 Å². The molecule has 3 aliphatic rings. The number of aliphatic imine (C=N–C) groups is 1. The highest BCUT2D eigenvalue weighted by molar-refractivity contribution is 5.57. The van der Waals surface area contributed by atoms with E-state index >= 15 is 0 Å². The molecule has 0 saturated carbocycles. The predicted molar refractivity (Wildman–Crippen MR) is 122 cm³/mol. The van der Waals surface area contributed by atoms with E-state index in [1.807, 2.05) is 0 Å². The quantitative estimate of drug-likeness (QED) is 0.122. The number of nitrogens with zero attached hydrogens (tertiary/aromatic N) is 1. The molecule has 0 bridgehead atoms. The second-order valence-corrected chi connectivity index (χ2v) is 9.25. The van der Waals surface area contributed by atoms with E-state index in [2.05, 4.69) is 4.99 Å². The predicted octanol–water partition coefficient (Wildman–Crippen LogP) is -6.15. The molecule has 3 fully saturated rings. The number of hydrogen-bond acceptors (Lipinski definition) is 16. The number of hydrogen-bond donors (Lipinski definition) is 10. The van der Waals surface area contributed by atoms with Gasteiger partial charge in [0.1, 0.15) is 61.0 Å². The van der Waals surface area contributed by atoms with Gasteiger partial charge in [0, 0.05) is 0 Å². The lowest BCUT2D eigenvalue weighted by Gasteiger charge is -2.48. The molecule has 16 heteroatoms. The summed E-state index contributed by atoms with van der Waals surface area (Å²) >= 11 is 0. The lowest BCUT2D eigenvalue weighted by atomic mass is 9.94. The molecule has 0 aliphatic carbocycles. The van der Waals surface area contributed by atoms with E-state index < -0.39 is 112 Å². The third-order valence-corrected chi connectivity index (χ3v) is 6.71. The Bertz CT molecular complexity index is 734. The van der Waals surface area contributed by atoms with Crippen LogP contribution in [0.15, 0.2) is 4.99 Å². The van der Waals surface area contributed by atoms with Crippen molar-refractivity contribution in [2.45, 2.75) is 105 Å². The van der Waals surface area contributed by atoms with Gasteiger partial charge >= 0.3 is 0 Å². The van der Waals surface area contributed by atoms with E-state index in [-0.39, 0.29) is 0 Å². The summed E-state index contributed by atoms with van der Waals surface area (Å²) < 4.78 is 28.2. The smallest absolute Gasteiger partial charge is 0.183 e. The van der Waals surface area contributed by atoms with Gasteiger partial charge in [-0.3, -0.25) is 4.99 Å². The molecule has 16 nitrogen and oxygen atoms in total. The fourth-order valence-corrected chi connectivity index (χ4v) is 4.52. The molecular weight excluding hydrogens is 502 g/mol. The van der Waals surface area contributed by atoms with E-state index in [9.17, 15) is 40.9 Å². The highest BCUT2D eigenvalue weighted by Crippen LogP contribution is 2.32. The normalized spacial score (nSPS) is 49.4. The molecule has 0 aromatic carbocycles. The number of nitrogens with two attached hydrogens (primary N) is 2. The Morgan fingerprint density at radius 2 is 1.24 bits per heavy atom. The first-order valence-corrected chi connectivity index (χ1v) is 12.1. The fourth-order valence-electron chi connectivity index (χ4n) is 4.52. The second-order valence-electron chi connectivity index (χ2n) is 9.25. The largest absolute Gasteiger partial charge is 0.394 e. The molecule has 3 heterocycles. The molecule has 0 aromatic rings. The highest BCUT2D eigenvalue weighted by Gasteiger charge is 2.53. The van der Waals surface area contributed by atoms with Gasteiger partial charge < -0.3 is 76.0 Å². The van der Waals surface area contributed by atoms with Crippen molar-refractivity contribution in [1.82, 2.24) is 0 Å². The lowest BCUT2D eigenvalue weighted by Crippen LogP contribution is -2.67. The van der Waals surface area contributed by atoms with Gasteiger partial charge in [0.05, 0.1) is 31.9 Å². The molecule has 3 saturated heterocycles. The number of aliphatic hydroxyl groups excluding tert-OH is 8. The standard InChI is InChI=1S/C21H39N3O13/c1-2-3-24-12-16(31)18(36-20-11(23)14(29)13(28)7(4-25)34-20)9(6-27)35-21(12)37-17-8(5-26)33-19(32)10(22)15(17)30/h3,7-21,25-32H,2,4-6,22-23H2,1H3/t7-,8-,9-,10-,11-,12-,13-,14-,15-,16-,17?,18?,19-,20+,21+/m1/s1. The van der Waals surface area contributed by atoms with Gasteiger partial charge in [-0.2, -0.15) is 0 Å². The maximum absolute atomic E-state index is 11.2. The van der Waals surface area contributed by atoms with E-state index in [0.29, 0.717) is 6.42 Å². The van der Waals surface area contributed by atoms with Crippen molar-refractivity contribution in [2.75, 3.05) is 19.8 Å². The molecule has 37 heavy (non-hydrogen) atoms. The monoisotopic (exact) mass is 541 g/mol. The minimum absolute atomic E-state index is 0.468. The summed E-state index contributed by atoms with van der Waals surface area (Å²) in [4.78, 5) is 4.28. The van der Waals surface area contributed by atoms with Crippen LogP contribution in [0.3, 0.4) is 0 Å². The minimum atomic E-state index is -1.56. The Morgan fingerprint density at radius 1 is 0.703 bits per heavy atom. The van der Waals surface area contributed by atoms with Crippen molar-refractivity contribution < 1.29 is 64.5 Å². The topological polar surface area (TPSA) is 272 Å². The average Bonchev–Trinajstić information content (AvgIpc) is 2.89. The molecule has 0 spiro atoms. The van der Waals surface area contributed by atoms with Gasteiger partial charge in [0.15, 0.2) is 18.9 Å². The van der Waals surface area contributed by atoms with E-state index in [1.54, 1.807) is 6.92 Å². The molecule has 12 N–H and O–H groups in total. The first-order valence-electron chi connectivity index (χ1n) is 12.1. The summed E-state index contributed by atoms with van der Waals surface area (Å²) in [5, 5.41) is 81.0. The molecule has 15 atom stereocenters. The average molecular weight is 542 g/mol. The van der Waals surface area contributed by atoms with Crippen LogP contribution in [0.2, 0.25) is 0 Å². The van der Waals surface area contributed by atoms with Gasteiger partial charge in [-0.1, -0.05) is 6.92 Å². The van der Waals surface area contributed by atoms with E-state index in [1.165, 1.54) is 6.21 Å². The molecule has 2 unspecified atom stereocenters. The highest BCUT2D eigenvalue weighted by atomic mass is 16.7. The van der Waals surface area contributed by atoms with Crippen molar-refractivity contribution in [2.24, 2.45) is 16.5 Å². The minimum Gasteiger partial charge on any atom is -0.394 e. The van der Waals surface area contributed by atoms with Crippen molar-refractivity contribution in [3.05, 3.63) is 0 Å². The summed E-state index contributed by atoms with van der Waals surface area (Å²) in [6.07, 6.45) is -14.7. The number of rotatable bonds is 9. The summed E-state index contributed by atoms with van der Waals surface area (Å²) in [5.41, 5.74) is 11.7. The van der Waals surface area contributed by atoms with Crippen molar-refractivity contribution in [3.8, 4) is 0 Å². The van der Waals surface area contributed by atoms with Crippen molar-refractivity contribution in [3.63, 3.8) is 0 Å². The third kappa shape index (κ3) is 6.46. The van der Waals surface area contributed by atoms with Crippen LogP contribution in [-0.4, -0.2) is 159 Å². The number of ether oxygens (including phenoxy) is 5. The third-order valence-electron chi connectivity index (χ3n) is 6.71. The SMILES string of the molecule is CCC=N[C@H]1[C@H](OC2[C@@H](CO)O[C@@H](O)[C@H](N)[C@H]2O)O[C@H](CO)C(O[C@@H]2O[C@H](CO)[C@@H](O)[C@H](O)[C@H]2N)[C@@H]1O. The maximum Gasteiger partial charge on any atom is 0.183 e. The van der Waals surface area contributed by atoms with Gasteiger partial charge in [0.25, 0.3) is 0 Å². The fraction of sp³-hybridized carbons (Fsp3) is 0.952. The Kier molecular flexibility index (Phi) is 11.1. The summed E-state index contributed by atoms with van der Waals surface area (Å²) in [6.45, 7) is -0.187. The molecular formula is C21H39N3O13. The van der Waals surface area contributed by atoms with Crippen LogP contribution >= 0.6 is 0 Å². The Balaban J connectivity index is 1.83. The Labute approximate surface area is 213 Å². The van der Waals surface area contributed by atoms with Crippen molar-refractivity contribution in [1.29, 1.82) is 0 Å². The zero-order valence-corrected chi connectivity index (χ0v) is 20.3. The molecule has 0 aromatic heterocycles. The van der Waals surface area contributed by atoms with Crippen LogP contribution < -0.4 is 11.5 Å². The molecule has 3 rings (SSSR count).